The molecule has 3 rings (SSSR count). The van der Waals surface area contributed by atoms with Gasteiger partial charge in [0.25, 0.3) is 0 Å². The van der Waals surface area contributed by atoms with Gasteiger partial charge in [-0.2, -0.15) is 0 Å². The summed E-state index contributed by atoms with van der Waals surface area (Å²) in [6.45, 7) is 0. The fourth-order valence-electron chi connectivity index (χ4n) is 2.96. The summed E-state index contributed by atoms with van der Waals surface area (Å²) in [6.07, 6.45) is 4.63. The summed E-state index contributed by atoms with van der Waals surface area (Å²) in [6, 6.07) is 6.50. The first-order valence-corrected chi connectivity index (χ1v) is 10.2. The van der Waals surface area contributed by atoms with Gasteiger partial charge in [-0.25, -0.2) is 17.2 Å². The summed E-state index contributed by atoms with van der Waals surface area (Å²) in [5, 5.41) is 0. The van der Waals surface area contributed by atoms with E-state index < -0.39 is 27.7 Å². The standard InChI is InChI=1S/C19H18F2N2O4S/c1-23-9-3-4-17(24)19(23)14-11-13(6-7-16(14)22-28(2,25)26)27-18-8-5-12(20)10-15(18)21/h3,5-11,19,22H,4H2,1-2H3. The highest BCUT2D eigenvalue weighted by Crippen LogP contribution is 2.36. The average molecular weight is 408 g/mol. The summed E-state index contributed by atoms with van der Waals surface area (Å²) >= 11 is 0. The Kier molecular flexibility index (Phi) is 5.37. The molecule has 0 saturated carbocycles. The van der Waals surface area contributed by atoms with E-state index in [0.717, 1.165) is 18.4 Å². The average Bonchev–Trinajstić information content (AvgIpc) is 2.58. The molecular formula is C19H18F2N2O4S. The van der Waals surface area contributed by atoms with Gasteiger partial charge in [-0.3, -0.25) is 9.52 Å². The van der Waals surface area contributed by atoms with E-state index in [2.05, 4.69) is 4.72 Å². The second-order valence-corrected chi connectivity index (χ2v) is 8.17. The predicted octanol–water partition coefficient (Wildman–Crippen LogP) is 3.59. The Labute approximate surface area is 161 Å². The highest BCUT2D eigenvalue weighted by atomic mass is 32.2. The third kappa shape index (κ3) is 4.48. The number of hydrogen-bond acceptors (Lipinski definition) is 5. The molecule has 2 aromatic carbocycles. The molecule has 0 bridgehead atoms. The molecule has 1 heterocycles. The number of anilines is 1. The lowest BCUT2D eigenvalue weighted by Gasteiger charge is -2.30. The summed E-state index contributed by atoms with van der Waals surface area (Å²) in [5.41, 5.74) is 0.581. The van der Waals surface area contributed by atoms with E-state index in [1.807, 2.05) is 0 Å². The van der Waals surface area contributed by atoms with E-state index in [1.54, 1.807) is 24.2 Å². The van der Waals surface area contributed by atoms with E-state index >= 15 is 0 Å². The fraction of sp³-hybridized carbons (Fsp3) is 0.211. The number of benzene rings is 2. The van der Waals surface area contributed by atoms with Crippen LogP contribution < -0.4 is 9.46 Å². The molecule has 0 aliphatic carbocycles. The topological polar surface area (TPSA) is 75.7 Å². The first-order valence-electron chi connectivity index (χ1n) is 8.30. The number of ether oxygens (including phenoxy) is 1. The summed E-state index contributed by atoms with van der Waals surface area (Å²) in [7, 11) is -1.91. The molecule has 6 nitrogen and oxygen atoms in total. The number of likely N-dealkylation sites (N-methyl/N-ethyl adjacent to an activating group) is 1. The lowest BCUT2D eigenvalue weighted by atomic mass is 9.95. The minimum atomic E-state index is -3.60. The van der Waals surface area contributed by atoms with Crippen LogP contribution in [0.3, 0.4) is 0 Å². The Morgan fingerprint density at radius 2 is 1.93 bits per heavy atom. The van der Waals surface area contributed by atoms with Gasteiger partial charge in [0.15, 0.2) is 17.3 Å². The fourth-order valence-corrected chi connectivity index (χ4v) is 3.55. The van der Waals surface area contributed by atoms with E-state index in [9.17, 15) is 22.0 Å². The van der Waals surface area contributed by atoms with Crippen LogP contribution in [0.1, 0.15) is 18.0 Å². The van der Waals surface area contributed by atoms with Crippen molar-refractivity contribution in [2.75, 3.05) is 18.0 Å². The molecule has 9 heteroatoms. The minimum absolute atomic E-state index is 0.133. The molecule has 0 radical (unpaired) electrons. The van der Waals surface area contributed by atoms with Gasteiger partial charge in [-0.15, -0.1) is 0 Å². The van der Waals surface area contributed by atoms with Crippen LogP contribution in [0.5, 0.6) is 11.5 Å². The molecule has 1 unspecified atom stereocenters. The maximum absolute atomic E-state index is 13.9. The molecule has 1 aliphatic rings. The van der Waals surface area contributed by atoms with Gasteiger partial charge >= 0.3 is 0 Å². The number of carbonyl (C=O) groups is 1. The molecule has 1 aliphatic heterocycles. The second kappa shape index (κ2) is 7.59. The smallest absolute Gasteiger partial charge is 0.229 e. The monoisotopic (exact) mass is 408 g/mol. The van der Waals surface area contributed by atoms with Gasteiger partial charge in [0.2, 0.25) is 10.0 Å². The van der Waals surface area contributed by atoms with Gasteiger partial charge in [0.1, 0.15) is 17.6 Å². The minimum Gasteiger partial charge on any atom is -0.454 e. The van der Waals surface area contributed by atoms with Crippen molar-refractivity contribution in [3.8, 4) is 11.5 Å². The molecule has 0 saturated heterocycles. The van der Waals surface area contributed by atoms with Crippen molar-refractivity contribution >= 4 is 21.5 Å². The van der Waals surface area contributed by atoms with Crippen LogP contribution in [-0.2, 0) is 14.8 Å². The van der Waals surface area contributed by atoms with E-state index in [4.69, 9.17) is 4.74 Å². The third-order valence-corrected chi connectivity index (χ3v) is 4.70. The SMILES string of the molecule is CN1C=CCC(=O)C1c1cc(Oc2ccc(F)cc2F)ccc1NS(C)(=O)=O. The largest absolute Gasteiger partial charge is 0.454 e. The zero-order valence-corrected chi connectivity index (χ0v) is 16.0. The number of sulfonamides is 1. The summed E-state index contributed by atoms with van der Waals surface area (Å²) in [5.74, 6) is -1.77. The number of Topliss-reactive ketones (excluding diaryl/α,β-unsaturated/α-hetero) is 1. The predicted molar refractivity (Wildman–Crippen MR) is 101 cm³/mol. The number of nitrogens with zero attached hydrogens (tertiary/aromatic N) is 1. The molecule has 0 amide bonds. The summed E-state index contributed by atoms with van der Waals surface area (Å²) < 4.78 is 58.3. The third-order valence-electron chi connectivity index (χ3n) is 4.11. The number of rotatable bonds is 5. The van der Waals surface area contributed by atoms with Gasteiger partial charge in [-0.1, -0.05) is 6.08 Å². The Balaban J connectivity index is 2.04. The Hall–Kier alpha value is -2.94. The van der Waals surface area contributed by atoms with Crippen molar-refractivity contribution in [1.29, 1.82) is 0 Å². The van der Waals surface area contributed by atoms with Crippen LogP contribution in [0, 0.1) is 11.6 Å². The van der Waals surface area contributed by atoms with Crippen molar-refractivity contribution in [2.45, 2.75) is 12.5 Å². The number of allylic oxidation sites excluding steroid dienone is 1. The molecule has 148 valence electrons. The number of halogens is 2. The first-order chi connectivity index (χ1) is 13.1. The van der Waals surface area contributed by atoms with Crippen LogP contribution in [0.2, 0.25) is 0 Å². The van der Waals surface area contributed by atoms with Gasteiger partial charge < -0.3 is 9.64 Å². The molecule has 0 fully saturated rings. The zero-order valence-electron chi connectivity index (χ0n) is 15.1. The Morgan fingerprint density at radius 3 is 2.57 bits per heavy atom. The van der Waals surface area contributed by atoms with Crippen LogP contribution in [-0.4, -0.2) is 32.4 Å². The quantitative estimate of drug-likeness (QED) is 0.818. The number of ketones is 1. The highest BCUT2D eigenvalue weighted by molar-refractivity contribution is 7.92. The molecule has 1 N–H and O–H groups in total. The van der Waals surface area contributed by atoms with Crippen molar-refractivity contribution in [2.24, 2.45) is 0 Å². The number of nitrogens with one attached hydrogen (secondary N) is 1. The van der Waals surface area contributed by atoms with E-state index in [0.29, 0.717) is 11.6 Å². The van der Waals surface area contributed by atoms with E-state index in [-0.39, 0.29) is 29.4 Å². The van der Waals surface area contributed by atoms with Crippen molar-refractivity contribution in [3.05, 3.63) is 65.9 Å². The number of carbonyl (C=O) groups excluding carboxylic acids is 1. The molecule has 1 atom stereocenters. The zero-order chi connectivity index (χ0) is 20.5. The lowest BCUT2D eigenvalue weighted by molar-refractivity contribution is -0.123. The summed E-state index contributed by atoms with van der Waals surface area (Å²) in [4.78, 5) is 14.1. The maximum atomic E-state index is 13.9. The highest BCUT2D eigenvalue weighted by Gasteiger charge is 2.29. The van der Waals surface area contributed by atoms with Crippen LogP contribution in [0.15, 0.2) is 48.7 Å². The van der Waals surface area contributed by atoms with Crippen LogP contribution >= 0.6 is 0 Å². The van der Waals surface area contributed by atoms with Crippen molar-refractivity contribution in [1.82, 2.24) is 4.90 Å². The molecule has 2 aromatic rings. The Bertz CT molecular complexity index is 1050. The number of hydrogen-bond donors (Lipinski definition) is 1. The van der Waals surface area contributed by atoms with Gasteiger partial charge in [-0.05, 0) is 36.5 Å². The first kappa shape index (κ1) is 19.8. The van der Waals surface area contributed by atoms with Crippen LogP contribution in [0.4, 0.5) is 14.5 Å². The van der Waals surface area contributed by atoms with Crippen LogP contribution in [0.25, 0.3) is 0 Å². The molecule has 0 spiro atoms. The second-order valence-electron chi connectivity index (χ2n) is 6.42. The van der Waals surface area contributed by atoms with E-state index in [1.165, 1.54) is 18.2 Å². The lowest BCUT2D eigenvalue weighted by Crippen LogP contribution is -2.30. The van der Waals surface area contributed by atoms with Gasteiger partial charge in [0, 0.05) is 25.1 Å². The normalized spacial score (nSPS) is 16.9. The van der Waals surface area contributed by atoms with Gasteiger partial charge in [0.05, 0.1) is 11.9 Å². The molecule has 28 heavy (non-hydrogen) atoms. The van der Waals surface area contributed by atoms with Crippen molar-refractivity contribution < 1.29 is 26.7 Å². The molecular weight excluding hydrogens is 390 g/mol. The Morgan fingerprint density at radius 1 is 1.18 bits per heavy atom. The maximum Gasteiger partial charge on any atom is 0.229 e. The molecule has 0 aromatic heterocycles. The van der Waals surface area contributed by atoms with Crippen molar-refractivity contribution in [3.63, 3.8) is 0 Å².